The van der Waals surface area contributed by atoms with Gasteiger partial charge in [0.25, 0.3) is 11.8 Å². The molecule has 0 aliphatic heterocycles. The molecule has 0 spiro atoms. The standard InChI is InChI=1S/C23H24N4O4/c1-4-24-22(29)18-6-5-7-19(13-18)25-21(28)14-31-23(30)17-8-10-20(11-9-17)27-16(3)12-15(2)26-27/h5-13H,4,14H2,1-3H3,(H,24,29)(H,25,28). The molecule has 0 aliphatic carbocycles. The van der Waals surface area contributed by atoms with E-state index in [1.54, 1.807) is 53.2 Å². The number of carbonyl (C=O) groups is 3. The van der Waals surface area contributed by atoms with Crippen LogP contribution < -0.4 is 10.6 Å². The van der Waals surface area contributed by atoms with E-state index in [2.05, 4.69) is 15.7 Å². The maximum absolute atomic E-state index is 12.3. The van der Waals surface area contributed by atoms with Crippen LogP contribution in [-0.2, 0) is 9.53 Å². The van der Waals surface area contributed by atoms with E-state index < -0.39 is 18.5 Å². The van der Waals surface area contributed by atoms with Gasteiger partial charge >= 0.3 is 5.97 Å². The second-order valence-electron chi connectivity index (χ2n) is 6.95. The van der Waals surface area contributed by atoms with Gasteiger partial charge in [-0.3, -0.25) is 9.59 Å². The first kappa shape index (κ1) is 21.8. The van der Waals surface area contributed by atoms with Gasteiger partial charge in [-0.05, 0) is 69.3 Å². The molecule has 2 aromatic carbocycles. The summed E-state index contributed by atoms with van der Waals surface area (Å²) in [6, 6.07) is 15.3. The molecule has 2 N–H and O–H groups in total. The normalized spacial score (nSPS) is 10.4. The van der Waals surface area contributed by atoms with Crippen LogP contribution in [0.2, 0.25) is 0 Å². The van der Waals surface area contributed by atoms with Gasteiger partial charge in [-0.25, -0.2) is 9.48 Å². The van der Waals surface area contributed by atoms with Crippen LogP contribution in [0.4, 0.5) is 5.69 Å². The highest BCUT2D eigenvalue weighted by Crippen LogP contribution is 2.14. The van der Waals surface area contributed by atoms with E-state index in [0.717, 1.165) is 17.1 Å². The average molecular weight is 420 g/mol. The van der Waals surface area contributed by atoms with Crippen LogP contribution in [0.1, 0.15) is 39.0 Å². The number of amides is 2. The van der Waals surface area contributed by atoms with E-state index in [0.29, 0.717) is 23.4 Å². The lowest BCUT2D eigenvalue weighted by Gasteiger charge is -2.09. The van der Waals surface area contributed by atoms with Crippen LogP contribution >= 0.6 is 0 Å². The lowest BCUT2D eigenvalue weighted by atomic mass is 10.2. The summed E-state index contributed by atoms with van der Waals surface area (Å²) in [5.74, 6) is -1.33. The van der Waals surface area contributed by atoms with Crippen LogP contribution in [-0.4, -0.2) is 40.7 Å². The zero-order chi connectivity index (χ0) is 22.4. The first-order valence-corrected chi connectivity index (χ1v) is 9.86. The second-order valence-corrected chi connectivity index (χ2v) is 6.95. The number of carbonyl (C=O) groups excluding carboxylic acids is 3. The van der Waals surface area contributed by atoms with Crippen LogP contribution in [0.25, 0.3) is 5.69 Å². The largest absolute Gasteiger partial charge is 0.452 e. The van der Waals surface area contributed by atoms with Crippen molar-refractivity contribution in [3.05, 3.63) is 77.1 Å². The fourth-order valence-electron chi connectivity index (χ4n) is 3.04. The van der Waals surface area contributed by atoms with Crippen molar-refractivity contribution in [2.75, 3.05) is 18.5 Å². The molecule has 0 bridgehead atoms. The Balaban J connectivity index is 1.56. The van der Waals surface area contributed by atoms with Gasteiger partial charge in [0.2, 0.25) is 0 Å². The molecule has 3 rings (SSSR count). The van der Waals surface area contributed by atoms with Crippen molar-refractivity contribution in [3.8, 4) is 5.69 Å². The van der Waals surface area contributed by atoms with Crippen LogP contribution in [0.15, 0.2) is 54.6 Å². The Hall–Kier alpha value is -3.94. The topological polar surface area (TPSA) is 102 Å². The monoisotopic (exact) mass is 420 g/mol. The number of nitrogens with one attached hydrogen (secondary N) is 2. The molecule has 2 amide bonds. The molecule has 0 atom stereocenters. The maximum Gasteiger partial charge on any atom is 0.338 e. The summed E-state index contributed by atoms with van der Waals surface area (Å²) in [6.45, 7) is 5.75. The van der Waals surface area contributed by atoms with E-state index in [9.17, 15) is 14.4 Å². The molecule has 8 heteroatoms. The molecule has 1 aromatic heterocycles. The van der Waals surface area contributed by atoms with Crippen LogP contribution in [0, 0.1) is 13.8 Å². The lowest BCUT2D eigenvalue weighted by Crippen LogP contribution is -2.23. The highest BCUT2D eigenvalue weighted by atomic mass is 16.5. The lowest BCUT2D eigenvalue weighted by molar-refractivity contribution is -0.119. The molecule has 8 nitrogen and oxygen atoms in total. The molecule has 31 heavy (non-hydrogen) atoms. The summed E-state index contributed by atoms with van der Waals surface area (Å²) in [7, 11) is 0. The number of ether oxygens (including phenoxy) is 1. The maximum atomic E-state index is 12.3. The molecule has 0 saturated heterocycles. The minimum Gasteiger partial charge on any atom is -0.452 e. The first-order valence-electron chi connectivity index (χ1n) is 9.86. The summed E-state index contributed by atoms with van der Waals surface area (Å²) >= 11 is 0. The molecule has 160 valence electrons. The summed E-state index contributed by atoms with van der Waals surface area (Å²) in [4.78, 5) is 36.3. The first-order chi connectivity index (χ1) is 14.9. The smallest absolute Gasteiger partial charge is 0.338 e. The van der Waals surface area contributed by atoms with Crippen molar-refractivity contribution in [1.82, 2.24) is 15.1 Å². The number of aromatic nitrogens is 2. The molecule has 0 unspecified atom stereocenters. The van der Waals surface area contributed by atoms with Crippen molar-refractivity contribution < 1.29 is 19.1 Å². The predicted octanol–water partition coefficient (Wildman–Crippen LogP) is 3.03. The number of aryl methyl sites for hydroxylation is 2. The highest BCUT2D eigenvalue weighted by molar-refractivity contribution is 5.98. The van der Waals surface area contributed by atoms with E-state index in [4.69, 9.17) is 4.74 Å². The number of benzene rings is 2. The Morgan fingerprint density at radius 3 is 2.39 bits per heavy atom. The van der Waals surface area contributed by atoms with Gasteiger partial charge in [0.15, 0.2) is 6.61 Å². The number of hydrogen-bond donors (Lipinski definition) is 2. The van der Waals surface area contributed by atoms with Gasteiger partial charge in [0, 0.05) is 23.5 Å². The predicted molar refractivity (Wildman–Crippen MR) is 116 cm³/mol. The molecule has 0 aliphatic rings. The Bertz CT molecular complexity index is 1100. The summed E-state index contributed by atoms with van der Waals surface area (Å²) in [5.41, 5.74) is 3.92. The van der Waals surface area contributed by atoms with Crippen molar-refractivity contribution >= 4 is 23.5 Å². The van der Waals surface area contributed by atoms with E-state index in [-0.39, 0.29) is 5.91 Å². The summed E-state index contributed by atoms with van der Waals surface area (Å²) < 4.78 is 6.88. The SMILES string of the molecule is CCNC(=O)c1cccc(NC(=O)COC(=O)c2ccc(-n3nc(C)cc3C)cc2)c1. The molecule has 0 fully saturated rings. The minimum atomic E-state index is -0.605. The Labute approximate surface area is 180 Å². The Morgan fingerprint density at radius 2 is 1.74 bits per heavy atom. The van der Waals surface area contributed by atoms with Crippen molar-refractivity contribution in [3.63, 3.8) is 0 Å². The van der Waals surface area contributed by atoms with Gasteiger partial charge in [-0.1, -0.05) is 6.07 Å². The summed E-state index contributed by atoms with van der Waals surface area (Å²) in [5, 5.41) is 9.71. The molecule has 0 saturated carbocycles. The minimum absolute atomic E-state index is 0.228. The van der Waals surface area contributed by atoms with E-state index >= 15 is 0 Å². The molecule has 1 heterocycles. The molecule has 0 radical (unpaired) electrons. The third-order valence-electron chi connectivity index (χ3n) is 4.44. The van der Waals surface area contributed by atoms with Gasteiger partial charge in [0.05, 0.1) is 16.9 Å². The average Bonchev–Trinajstić information content (AvgIpc) is 3.10. The fraction of sp³-hybridized carbons (Fsp3) is 0.217. The number of hydrogen-bond acceptors (Lipinski definition) is 5. The van der Waals surface area contributed by atoms with Gasteiger partial charge in [0.1, 0.15) is 0 Å². The van der Waals surface area contributed by atoms with Gasteiger partial charge in [-0.15, -0.1) is 0 Å². The quantitative estimate of drug-likeness (QED) is 0.572. The number of rotatable bonds is 7. The van der Waals surface area contributed by atoms with Gasteiger partial charge in [-0.2, -0.15) is 5.10 Å². The number of nitrogens with zero attached hydrogens (tertiary/aromatic N) is 2. The van der Waals surface area contributed by atoms with Crippen molar-refractivity contribution in [2.24, 2.45) is 0 Å². The van der Waals surface area contributed by atoms with Crippen molar-refractivity contribution in [2.45, 2.75) is 20.8 Å². The number of esters is 1. The third-order valence-corrected chi connectivity index (χ3v) is 4.44. The zero-order valence-corrected chi connectivity index (χ0v) is 17.6. The summed E-state index contributed by atoms with van der Waals surface area (Å²) in [6.07, 6.45) is 0. The zero-order valence-electron chi connectivity index (χ0n) is 17.6. The molecule has 3 aromatic rings. The Kier molecular flexibility index (Phi) is 6.81. The van der Waals surface area contributed by atoms with E-state index in [1.807, 2.05) is 26.8 Å². The van der Waals surface area contributed by atoms with Crippen LogP contribution in [0.5, 0.6) is 0 Å². The second kappa shape index (κ2) is 9.71. The number of anilines is 1. The van der Waals surface area contributed by atoms with Crippen LogP contribution in [0.3, 0.4) is 0 Å². The highest BCUT2D eigenvalue weighted by Gasteiger charge is 2.12. The Morgan fingerprint density at radius 1 is 1.00 bits per heavy atom. The van der Waals surface area contributed by atoms with E-state index in [1.165, 1.54) is 0 Å². The molecular weight excluding hydrogens is 396 g/mol. The van der Waals surface area contributed by atoms with Crippen molar-refractivity contribution in [1.29, 1.82) is 0 Å². The molecular formula is C23H24N4O4. The third kappa shape index (κ3) is 5.57. The fourth-order valence-corrected chi connectivity index (χ4v) is 3.04. The van der Waals surface area contributed by atoms with Gasteiger partial charge < -0.3 is 15.4 Å².